The van der Waals surface area contributed by atoms with Gasteiger partial charge in [0.25, 0.3) is 0 Å². The summed E-state index contributed by atoms with van der Waals surface area (Å²) < 4.78 is 12.0. The fourth-order valence-corrected chi connectivity index (χ4v) is 10.2. The van der Waals surface area contributed by atoms with Crippen molar-refractivity contribution >= 4 is 23.7 Å². The van der Waals surface area contributed by atoms with Crippen LogP contribution in [-0.2, 0) is 19.1 Å². The molecule has 2 fully saturated rings. The summed E-state index contributed by atoms with van der Waals surface area (Å²) in [7, 11) is 2.27. The summed E-state index contributed by atoms with van der Waals surface area (Å²) in [5.74, 6) is 3.02. The highest BCUT2D eigenvalue weighted by Crippen LogP contribution is 2.28. The third kappa shape index (κ3) is 28.6. The Hall–Kier alpha value is -0.790. The zero-order valence-electron chi connectivity index (χ0n) is 37.2. The van der Waals surface area contributed by atoms with E-state index in [1.54, 1.807) is 0 Å². The molecule has 0 heterocycles. The van der Waals surface area contributed by atoms with Gasteiger partial charge in [-0.2, -0.15) is 11.8 Å². The molecule has 0 aromatic rings. The van der Waals surface area contributed by atoms with Crippen LogP contribution >= 0.6 is 11.8 Å². The van der Waals surface area contributed by atoms with E-state index in [0.29, 0.717) is 19.1 Å². The first-order valence-corrected chi connectivity index (χ1v) is 25.9. The van der Waals surface area contributed by atoms with Crippen molar-refractivity contribution in [3.63, 3.8) is 0 Å². The summed E-state index contributed by atoms with van der Waals surface area (Å²) in [4.78, 5) is 28.4. The summed E-state index contributed by atoms with van der Waals surface area (Å²) >= 11 is 1.98. The Morgan fingerprint density at radius 1 is 0.661 bits per heavy atom. The number of unbranched alkanes of at least 4 members (excludes halogenated alkanes) is 8. The number of carbonyl (C=O) groups excluding carboxylic acids is 2. The molecule has 330 valence electrons. The second-order valence-corrected chi connectivity index (χ2v) is 19.2. The van der Waals surface area contributed by atoms with Crippen LogP contribution in [0, 0.1) is 11.8 Å². The molecule has 0 saturated heterocycles. The van der Waals surface area contributed by atoms with Gasteiger partial charge in [-0.3, -0.25) is 9.59 Å². The molecular weight excluding hydrogens is 715 g/mol. The summed E-state index contributed by atoms with van der Waals surface area (Å²) in [5, 5.41) is 9.34. The molecule has 2 rings (SSSR count). The smallest absolute Gasteiger partial charge is 0.308 e. The molecular formula is C49H93NO5S. The van der Waals surface area contributed by atoms with E-state index in [1.807, 2.05) is 11.8 Å². The molecule has 2 atom stereocenters. The minimum Gasteiger partial charge on any atom is -0.465 e. The Kier molecular flexibility index (Phi) is 34.1. The van der Waals surface area contributed by atoms with Crippen molar-refractivity contribution in [2.24, 2.45) is 11.8 Å². The number of rotatable bonds is 29. The van der Waals surface area contributed by atoms with E-state index in [0.717, 1.165) is 81.8 Å². The van der Waals surface area contributed by atoms with E-state index in [2.05, 4.69) is 18.9 Å². The standard InChI is InChI=1S/C49H93NO5S/c1-3-4-5-25-36-47(55-48(52)38-37-44-30-19-16-20-31-44)43-56-42-29-18-24-35-46(50(2)39-26-27-40-51)34-23-17-28-41-54-49(53)45-32-21-14-12-10-8-6-7-9-11-13-15-22-33-45/h44-47,51H,3-43H2,1-2H3. The number of carbonyl (C=O) groups is 2. The van der Waals surface area contributed by atoms with Crippen LogP contribution in [0.1, 0.15) is 238 Å². The third-order valence-corrected chi connectivity index (χ3v) is 14.1. The third-order valence-electron chi connectivity index (χ3n) is 12.9. The molecule has 6 nitrogen and oxygen atoms in total. The van der Waals surface area contributed by atoms with Crippen LogP contribution in [0.2, 0.25) is 0 Å². The maximum atomic E-state index is 13.1. The summed E-state index contributed by atoms with van der Waals surface area (Å²) in [6.07, 6.45) is 43.3. The highest BCUT2D eigenvalue weighted by atomic mass is 32.2. The highest BCUT2D eigenvalue weighted by molar-refractivity contribution is 7.99. The van der Waals surface area contributed by atoms with E-state index < -0.39 is 0 Å². The van der Waals surface area contributed by atoms with Gasteiger partial charge in [0.05, 0.1) is 12.5 Å². The first-order valence-electron chi connectivity index (χ1n) is 24.8. The summed E-state index contributed by atoms with van der Waals surface area (Å²) in [6, 6.07) is 0.568. The lowest BCUT2D eigenvalue weighted by Crippen LogP contribution is -2.32. The molecule has 0 aromatic heterocycles. The van der Waals surface area contributed by atoms with Crippen molar-refractivity contribution in [3.8, 4) is 0 Å². The Labute approximate surface area is 351 Å². The molecule has 0 aliphatic heterocycles. The Morgan fingerprint density at radius 3 is 1.84 bits per heavy atom. The predicted molar refractivity (Wildman–Crippen MR) is 241 cm³/mol. The average Bonchev–Trinajstić information content (AvgIpc) is 3.22. The Bertz CT molecular complexity index is 882. The normalized spacial score (nSPS) is 18.6. The lowest BCUT2D eigenvalue weighted by atomic mass is 9.86. The molecule has 0 aromatic carbocycles. The van der Waals surface area contributed by atoms with Crippen LogP contribution in [0.25, 0.3) is 0 Å². The Morgan fingerprint density at radius 2 is 1.21 bits per heavy atom. The van der Waals surface area contributed by atoms with E-state index >= 15 is 0 Å². The van der Waals surface area contributed by atoms with Crippen molar-refractivity contribution in [1.82, 2.24) is 4.90 Å². The highest BCUT2D eigenvalue weighted by Gasteiger charge is 2.21. The number of aliphatic hydroxyl groups excluding tert-OH is 1. The molecule has 56 heavy (non-hydrogen) atoms. The van der Waals surface area contributed by atoms with Crippen LogP contribution < -0.4 is 0 Å². The maximum Gasteiger partial charge on any atom is 0.308 e. The minimum absolute atomic E-state index is 0.0362. The second kappa shape index (κ2) is 37.2. The second-order valence-electron chi connectivity index (χ2n) is 18.0. The van der Waals surface area contributed by atoms with Gasteiger partial charge in [-0.25, -0.2) is 0 Å². The van der Waals surface area contributed by atoms with Gasteiger partial charge in [0.1, 0.15) is 6.10 Å². The maximum absolute atomic E-state index is 13.1. The molecule has 1 N–H and O–H groups in total. The largest absolute Gasteiger partial charge is 0.465 e. The number of esters is 2. The van der Waals surface area contributed by atoms with E-state index in [4.69, 9.17) is 9.47 Å². The van der Waals surface area contributed by atoms with Gasteiger partial charge < -0.3 is 19.5 Å². The van der Waals surface area contributed by atoms with E-state index in [1.165, 1.54) is 167 Å². The van der Waals surface area contributed by atoms with Crippen molar-refractivity contribution in [2.45, 2.75) is 250 Å². The van der Waals surface area contributed by atoms with Gasteiger partial charge in [0.15, 0.2) is 0 Å². The molecule has 0 spiro atoms. The van der Waals surface area contributed by atoms with Crippen LogP contribution in [-0.4, -0.2) is 72.4 Å². The molecule has 2 aliphatic carbocycles. The van der Waals surface area contributed by atoms with Crippen molar-refractivity contribution in [3.05, 3.63) is 0 Å². The molecule has 0 amide bonds. The molecule has 0 radical (unpaired) electrons. The topological polar surface area (TPSA) is 76.1 Å². The quantitative estimate of drug-likeness (QED) is 0.0596. The van der Waals surface area contributed by atoms with E-state index in [9.17, 15) is 14.7 Å². The van der Waals surface area contributed by atoms with Crippen molar-refractivity contribution in [1.29, 1.82) is 0 Å². The zero-order chi connectivity index (χ0) is 40.2. The summed E-state index contributed by atoms with van der Waals surface area (Å²) in [5.41, 5.74) is 0. The van der Waals surface area contributed by atoms with Gasteiger partial charge in [0.2, 0.25) is 0 Å². The van der Waals surface area contributed by atoms with Crippen molar-refractivity contribution in [2.75, 3.05) is 38.3 Å². The first-order chi connectivity index (χ1) is 27.5. The molecule has 7 heteroatoms. The van der Waals surface area contributed by atoms with Crippen molar-refractivity contribution < 1.29 is 24.2 Å². The molecule has 2 saturated carbocycles. The first kappa shape index (κ1) is 51.4. The number of thioether (sulfide) groups is 1. The van der Waals surface area contributed by atoms with Crippen LogP contribution in [0.15, 0.2) is 0 Å². The lowest BCUT2D eigenvalue weighted by molar-refractivity contribution is -0.150. The SMILES string of the molecule is CCCCCCC(CSCCCCCC(CCCCCOC(=O)C1CCCCCCCCCCCCCC1)N(C)CCCCO)OC(=O)CCC1CCCCC1. The fraction of sp³-hybridized carbons (Fsp3) is 0.959. The Balaban J connectivity index is 1.67. The molecule has 0 bridgehead atoms. The molecule has 2 aliphatic rings. The summed E-state index contributed by atoms with van der Waals surface area (Å²) in [6.45, 7) is 4.14. The number of hydrogen-bond acceptors (Lipinski definition) is 7. The van der Waals surface area contributed by atoms with Crippen LogP contribution in [0.4, 0.5) is 0 Å². The lowest BCUT2D eigenvalue weighted by Gasteiger charge is -2.28. The fourth-order valence-electron chi connectivity index (χ4n) is 9.11. The van der Waals surface area contributed by atoms with Crippen LogP contribution in [0.5, 0.6) is 0 Å². The van der Waals surface area contributed by atoms with Gasteiger partial charge in [-0.1, -0.05) is 161 Å². The van der Waals surface area contributed by atoms with Gasteiger partial charge in [-0.05, 0) is 95.9 Å². The van der Waals surface area contributed by atoms with Gasteiger partial charge in [-0.15, -0.1) is 0 Å². The predicted octanol–water partition coefficient (Wildman–Crippen LogP) is 13.8. The number of aliphatic hydroxyl groups is 1. The number of ether oxygens (including phenoxy) is 2. The number of nitrogens with zero attached hydrogens (tertiary/aromatic N) is 1. The minimum atomic E-state index is 0.0362. The molecule has 2 unspecified atom stereocenters. The monoisotopic (exact) mass is 808 g/mol. The van der Waals surface area contributed by atoms with E-state index in [-0.39, 0.29) is 30.6 Å². The van der Waals surface area contributed by atoms with Gasteiger partial charge >= 0.3 is 11.9 Å². The van der Waals surface area contributed by atoms with Crippen LogP contribution in [0.3, 0.4) is 0 Å². The average molecular weight is 808 g/mol. The van der Waals surface area contributed by atoms with Gasteiger partial charge in [0, 0.05) is 24.8 Å². The number of hydrogen-bond donors (Lipinski definition) is 1. The zero-order valence-corrected chi connectivity index (χ0v) is 38.1.